The van der Waals surface area contributed by atoms with E-state index in [9.17, 15) is 18.7 Å². The first kappa shape index (κ1) is 16.4. The fourth-order valence-electron chi connectivity index (χ4n) is 3.89. The quantitative estimate of drug-likeness (QED) is 0.929. The van der Waals surface area contributed by atoms with Crippen LogP contribution in [0, 0.1) is 17.6 Å². The van der Waals surface area contributed by atoms with Gasteiger partial charge >= 0.3 is 0 Å². The highest BCUT2D eigenvalue weighted by Crippen LogP contribution is 2.32. The van der Waals surface area contributed by atoms with E-state index in [0.717, 1.165) is 31.7 Å². The Labute approximate surface area is 135 Å². The molecule has 1 heterocycles. The lowest BCUT2D eigenvalue weighted by molar-refractivity contribution is -0.153. The van der Waals surface area contributed by atoms with Gasteiger partial charge in [0.25, 0.3) is 5.91 Å². The molecule has 2 aliphatic rings. The number of rotatable bonds is 3. The van der Waals surface area contributed by atoms with Crippen molar-refractivity contribution in [3.8, 4) is 0 Å². The third-order valence-corrected chi connectivity index (χ3v) is 5.10. The molecule has 1 atom stereocenters. The van der Waals surface area contributed by atoms with Gasteiger partial charge in [-0.25, -0.2) is 8.78 Å². The molecule has 3 rings (SSSR count). The molecule has 2 fully saturated rings. The second-order valence-electron chi connectivity index (χ2n) is 6.98. The molecule has 1 saturated heterocycles. The van der Waals surface area contributed by atoms with Crippen LogP contribution in [0.1, 0.15) is 44.1 Å². The number of aliphatic hydroxyl groups is 1. The van der Waals surface area contributed by atoms with Gasteiger partial charge in [-0.3, -0.25) is 4.79 Å². The molecule has 1 aromatic rings. The number of amides is 1. The van der Waals surface area contributed by atoms with Crippen LogP contribution in [0.3, 0.4) is 0 Å². The predicted molar refractivity (Wildman–Crippen MR) is 82.8 cm³/mol. The summed E-state index contributed by atoms with van der Waals surface area (Å²) < 4.78 is 26.5. The minimum Gasteiger partial charge on any atom is -0.380 e. The van der Waals surface area contributed by atoms with Crippen LogP contribution >= 0.6 is 0 Å². The number of likely N-dealkylation sites (tertiary alicyclic amines) is 1. The highest BCUT2D eigenvalue weighted by molar-refractivity contribution is 5.85. The van der Waals surface area contributed by atoms with Gasteiger partial charge in [0, 0.05) is 19.2 Å². The van der Waals surface area contributed by atoms with Crippen LogP contribution in [0.2, 0.25) is 0 Å². The lowest BCUT2D eigenvalue weighted by Gasteiger charge is -2.34. The van der Waals surface area contributed by atoms with E-state index in [1.807, 2.05) is 0 Å². The Hall–Kier alpha value is -1.49. The van der Waals surface area contributed by atoms with E-state index in [2.05, 4.69) is 0 Å². The number of hydrogen-bond acceptors (Lipinski definition) is 2. The summed E-state index contributed by atoms with van der Waals surface area (Å²) in [6, 6.07) is 3.57. The first-order chi connectivity index (χ1) is 11.0. The Bertz CT molecular complexity index is 564. The van der Waals surface area contributed by atoms with Crippen molar-refractivity contribution in [2.45, 2.75) is 50.5 Å². The molecule has 1 unspecified atom stereocenters. The van der Waals surface area contributed by atoms with Gasteiger partial charge in [0.2, 0.25) is 0 Å². The zero-order valence-electron chi connectivity index (χ0n) is 13.2. The van der Waals surface area contributed by atoms with Gasteiger partial charge in [0.15, 0.2) is 0 Å². The maximum Gasteiger partial charge on any atom is 0.254 e. The maximum atomic E-state index is 13.3. The normalized spacial score (nSPS) is 24.0. The second kappa shape index (κ2) is 6.56. The van der Waals surface area contributed by atoms with E-state index in [1.165, 1.54) is 12.1 Å². The summed E-state index contributed by atoms with van der Waals surface area (Å²) in [5.74, 6) is -1.11. The van der Waals surface area contributed by atoms with Crippen LogP contribution in [0.4, 0.5) is 8.78 Å². The first-order valence-electron chi connectivity index (χ1n) is 8.43. The second-order valence-corrected chi connectivity index (χ2v) is 6.98. The SMILES string of the molecule is O=C(N1CCC(Cc2cc(F)cc(F)c2)C1)C1(O)CCCCC1. The van der Waals surface area contributed by atoms with Crippen LogP contribution in [0.5, 0.6) is 0 Å². The van der Waals surface area contributed by atoms with Crippen molar-refractivity contribution < 1.29 is 18.7 Å². The number of halogens is 2. The van der Waals surface area contributed by atoms with E-state index >= 15 is 0 Å². The van der Waals surface area contributed by atoms with E-state index in [4.69, 9.17) is 0 Å². The Morgan fingerprint density at radius 1 is 1.17 bits per heavy atom. The van der Waals surface area contributed by atoms with Gasteiger partial charge in [-0.05, 0) is 49.3 Å². The topological polar surface area (TPSA) is 40.5 Å². The van der Waals surface area contributed by atoms with Crippen LogP contribution in [0.25, 0.3) is 0 Å². The molecule has 1 aromatic carbocycles. The summed E-state index contributed by atoms with van der Waals surface area (Å²) >= 11 is 0. The standard InChI is InChI=1S/C18H23F2NO2/c19-15-9-14(10-16(20)11-15)8-13-4-7-21(12-13)17(22)18(23)5-2-1-3-6-18/h9-11,13,23H,1-8,12H2. The highest BCUT2D eigenvalue weighted by Gasteiger charge is 2.41. The molecule has 1 amide bonds. The summed E-state index contributed by atoms with van der Waals surface area (Å²) in [4.78, 5) is 14.3. The summed E-state index contributed by atoms with van der Waals surface area (Å²) in [7, 11) is 0. The lowest BCUT2D eigenvalue weighted by Crippen LogP contribution is -2.49. The molecule has 23 heavy (non-hydrogen) atoms. The fourth-order valence-corrected chi connectivity index (χ4v) is 3.89. The molecule has 1 aliphatic carbocycles. The van der Waals surface area contributed by atoms with Crippen molar-refractivity contribution >= 4 is 5.91 Å². The van der Waals surface area contributed by atoms with Crippen molar-refractivity contribution in [2.75, 3.05) is 13.1 Å². The van der Waals surface area contributed by atoms with Crippen LogP contribution in [0.15, 0.2) is 18.2 Å². The summed E-state index contributed by atoms with van der Waals surface area (Å²) in [5, 5.41) is 10.6. The van der Waals surface area contributed by atoms with Crippen molar-refractivity contribution in [1.82, 2.24) is 4.90 Å². The molecule has 1 saturated carbocycles. The minimum absolute atomic E-state index is 0.162. The fraction of sp³-hybridized carbons (Fsp3) is 0.611. The van der Waals surface area contributed by atoms with Gasteiger partial charge in [-0.2, -0.15) is 0 Å². The van der Waals surface area contributed by atoms with Gasteiger partial charge < -0.3 is 10.0 Å². The molecular weight excluding hydrogens is 300 g/mol. The average Bonchev–Trinajstić information content (AvgIpc) is 2.94. The Morgan fingerprint density at radius 3 is 2.48 bits per heavy atom. The Balaban J connectivity index is 1.60. The van der Waals surface area contributed by atoms with E-state index in [1.54, 1.807) is 4.90 Å². The molecule has 0 aromatic heterocycles. The van der Waals surface area contributed by atoms with Gasteiger partial charge in [-0.15, -0.1) is 0 Å². The monoisotopic (exact) mass is 323 g/mol. The highest BCUT2D eigenvalue weighted by atomic mass is 19.1. The van der Waals surface area contributed by atoms with Crippen LogP contribution in [-0.4, -0.2) is 34.6 Å². The van der Waals surface area contributed by atoms with E-state index < -0.39 is 17.2 Å². The van der Waals surface area contributed by atoms with Crippen LogP contribution in [-0.2, 0) is 11.2 Å². The third kappa shape index (κ3) is 3.71. The van der Waals surface area contributed by atoms with E-state index in [0.29, 0.717) is 37.9 Å². The van der Waals surface area contributed by atoms with Crippen molar-refractivity contribution in [3.63, 3.8) is 0 Å². The number of carbonyl (C=O) groups is 1. The molecule has 1 aliphatic heterocycles. The maximum absolute atomic E-state index is 13.3. The molecule has 126 valence electrons. The number of nitrogens with zero attached hydrogens (tertiary/aromatic N) is 1. The van der Waals surface area contributed by atoms with Crippen molar-refractivity contribution in [1.29, 1.82) is 0 Å². The smallest absolute Gasteiger partial charge is 0.254 e. The van der Waals surface area contributed by atoms with Gasteiger partial charge in [-0.1, -0.05) is 19.3 Å². The molecular formula is C18H23F2NO2. The number of hydrogen-bond donors (Lipinski definition) is 1. The molecule has 0 radical (unpaired) electrons. The molecule has 5 heteroatoms. The van der Waals surface area contributed by atoms with Crippen molar-refractivity contribution in [2.24, 2.45) is 5.92 Å². The summed E-state index contributed by atoms with van der Waals surface area (Å²) in [6.45, 7) is 1.17. The largest absolute Gasteiger partial charge is 0.380 e. The summed E-state index contributed by atoms with van der Waals surface area (Å²) in [6.07, 6.45) is 5.30. The first-order valence-corrected chi connectivity index (χ1v) is 8.43. The number of carbonyl (C=O) groups excluding carboxylic acids is 1. The van der Waals surface area contributed by atoms with E-state index in [-0.39, 0.29) is 11.8 Å². The Kier molecular flexibility index (Phi) is 4.67. The number of benzene rings is 1. The molecule has 0 bridgehead atoms. The van der Waals surface area contributed by atoms with Crippen molar-refractivity contribution in [3.05, 3.63) is 35.4 Å². The lowest BCUT2D eigenvalue weighted by atomic mass is 9.84. The summed E-state index contributed by atoms with van der Waals surface area (Å²) in [5.41, 5.74) is -0.573. The zero-order chi connectivity index (χ0) is 16.4. The zero-order valence-corrected chi connectivity index (χ0v) is 13.2. The molecule has 1 N–H and O–H groups in total. The predicted octanol–water partition coefficient (Wildman–Crippen LogP) is 3.05. The third-order valence-electron chi connectivity index (χ3n) is 5.10. The van der Waals surface area contributed by atoms with Gasteiger partial charge in [0.1, 0.15) is 17.2 Å². The Morgan fingerprint density at radius 2 is 1.83 bits per heavy atom. The molecule has 3 nitrogen and oxygen atoms in total. The molecule has 0 spiro atoms. The van der Waals surface area contributed by atoms with Crippen LogP contribution < -0.4 is 0 Å². The van der Waals surface area contributed by atoms with Gasteiger partial charge in [0.05, 0.1) is 0 Å². The average molecular weight is 323 g/mol. The minimum atomic E-state index is -1.20.